The molecule has 3 rings (SSSR count). The van der Waals surface area contributed by atoms with Gasteiger partial charge in [0.05, 0.1) is 7.11 Å². The van der Waals surface area contributed by atoms with Gasteiger partial charge in [-0.3, -0.25) is 14.5 Å². The highest BCUT2D eigenvalue weighted by Crippen LogP contribution is 2.30. The van der Waals surface area contributed by atoms with Crippen LogP contribution in [0.3, 0.4) is 0 Å². The number of urea groups is 1. The van der Waals surface area contributed by atoms with Gasteiger partial charge in [0.25, 0.3) is 5.91 Å². The quantitative estimate of drug-likeness (QED) is 0.713. The third kappa shape index (κ3) is 4.15. The number of ether oxygens (including phenoxy) is 1. The summed E-state index contributed by atoms with van der Waals surface area (Å²) in [7, 11) is 1.56. The van der Waals surface area contributed by atoms with Crippen molar-refractivity contribution in [1.29, 1.82) is 0 Å². The number of hydrogen-bond acceptors (Lipinski definition) is 4. The van der Waals surface area contributed by atoms with Crippen molar-refractivity contribution in [1.82, 2.24) is 15.1 Å². The zero-order valence-corrected chi connectivity index (χ0v) is 17.7. The molecule has 0 aliphatic carbocycles. The fraction of sp³-hybridized carbons (Fsp3) is 0.348. The van der Waals surface area contributed by atoms with Crippen molar-refractivity contribution in [3.8, 4) is 5.75 Å². The molecule has 2 aromatic carbocycles. The molecule has 1 fully saturated rings. The van der Waals surface area contributed by atoms with E-state index in [2.05, 4.69) is 5.32 Å². The average molecular weight is 409 g/mol. The number of hydrogen-bond donors (Lipinski definition) is 1. The summed E-state index contributed by atoms with van der Waals surface area (Å²) in [6.45, 7) is 5.57. The van der Waals surface area contributed by atoms with Crippen molar-refractivity contribution >= 4 is 17.8 Å². The van der Waals surface area contributed by atoms with E-state index in [1.807, 2.05) is 44.2 Å². The number of carbonyl (C=O) groups is 3. The van der Waals surface area contributed by atoms with E-state index in [1.165, 1.54) is 0 Å². The molecule has 0 spiro atoms. The highest BCUT2D eigenvalue weighted by Gasteiger charge is 2.49. The number of imide groups is 1. The summed E-state index contributed by atoms with van der Waals surface area (Å²) in [5, 5.41) is 2.73. The molecule has 1 unspecified atom stereocenters. The zero-order valence-electron chi connectivity index (χ0n) is 17.7. The standard InChI is InChI=1S/C23H27N3O4/c1-16(2)25(14-17-8-6-5-7-9-17)20(27)15-26-21(28)23(3,24-22(26)29)18-10-12-19(30-4)13-11-18/h5-13,16H,14-15H2,1-4H3,(H,24,29). The summed E-state index contributed by atoms with van der Waals surface area (Å²) in [4.78, 5) is 41.4. The molecule has 0 radical (unpaired) electrons. The summed E-state index contributed by atoms with van der Waals surface area (Å²) in [6, 6.07) is 15.9. The lowest BCUT2D eigenvalue weighted by Gasteiger charge is -2.28. The minimum absolute atomic E-state index is 0.0774. The van der Waals surface area contributed by atoms with Crippen LogP contribution < -0.4 is 10.1 Å². The Hall–Kier alpha value is -3.35. The van der Waals surface area contributed by atoms with Gasteiger partial charge in [0.2, 0.25) is 5.91 Å². The lowest BCUT2D eigenvalue weighted by atomic mass is 9.92. The number of rotatable bonds is 7. The molecule has 1 N–H and O–H groups in total. The molecule has 158 valence electrons. The van der Waals surface area contributed by atoms with E-state index in [4.69, 9.17) is 4.74 Å². The zero-order chi connectivity index (χ0) is 21.9. The number of nitrogens with one attached hydrogen (secondary N) is 1. The Kier molecular flexibility index (Phi) is 6.10. The summed E-state index contributed by atoms with van der Waals surface area (Å²) in [5.41, 5.74) is 0.382. The first-order valence-electron chi connectivity index (χ1n) is 9.88. The van der Waals surface area contributed by atoms with Crippen LogP contribution in [0.2, 0.25) is 0 Å². The molecular formula is C23H27N3O4. The molecule has 1 atom stereocenters. The highest BCUT2D eigenvalue weighted by atomic mass is 16.5. The van der Waals surface area contributed by atoms with Crippen molar-refractivity contribution in [3.63, 3.8) is 0 Å². The number of carbonyl (C=O) groups excluding carboxylic acids is 3. The highest BCUT2D eigenvalue weighted by molar-refractivity contribution is 6.09. The van der Waals surface area contributed by atoms with Gasteiger partial charge >= 0.3 is 6.03 Å². The van der Waals surface area contributed by atoms with Crippen LogP contribution in [0.25, 0.3) is 0 Å². The Labute approximate surface area is 176 Å². The molecule has 30 heavy (non-hydrogen) atoms. The Balaban J connectivity index is 1.77. The van der Waals surface area contributed by atoms with E-state index >= 15 is 0 Å². The van der Waals surface area contributed by atoms with Crippen LogP contribution in [0.5, 0.6) is 5.75 Å². The molecule has 7 nitrogen and oxygen atoms in total. The first-order chi connectivity index (χ1) is 14.3. The minimum atomic E-state index is -1.23. The van der Waals surface area contributed by atoms with Gasteiger partial charge in [0, 0.05) is 12.6 Å². The molecule has 1 aliphatic heterocycles. The monoisotopic (exact) mass is 409 g/mol. The van der Waals surface area contributed by atoms with Gasteiger partial charge in [-0.1, -0.05) is 42.5 Å². The second-order valence-corrected chi connectivity index (χ2v) is 7.78. The molecule has 0 aromatic heterocycles. The van der Waals surface area contributed by atoms with Gasteiger partial charge in [0.1, 0.15) is 17.8 Å². The maximum atomic E-state index is 13.1. The van der Waals surface area contributed by atoms with Crippen LogP contribution in [0, 0.1) is 0 Å². The lowest BCUT2D eigenvalue weighted by Crippen LogP contribution is -2.46. The van der Waals surface area contributed by atoms with Crippen molar-refractivity contribution in [2.75, 3.05) is 13.7 Å². The van der Waals surface area contributed by atoms with Crippen LogP contribution in [0.4, 0.5) is 4.79 Å². The Bertz CT molecular complexity index is 927. The summed E-state index contributed by atoms with van der Waals surface area (Å²) in [5.74, 6) is -0.0783. The molecule has 1 heterocycles. The van der Waals surface area contributed by atoms with Crippen molar-refractivity contribution in [2.45, 2.75) is 38.9 Å². The summed E-state index contributed by atoms with van der Waals surface area (Å²) in [6.07, 6.45) is 0. The van der Waals surface area contributed by atoms with E-state index in [9.17, 15) is 14.4 Å². The van der Waals surface area contributed by atoms with Crippen LogP contribution in [-0.2, 0) is 21.7 Å². The molecule has 2 aromatic rings. The first kappa shape index (κ1) is 21.4. The Morgan fingerprint density at radius 2 is 1.73 bits per heavy atom. The Morgan fingerprint density at radius 3 is 2.30 bits per heavy atom. The van der Waals surface area contributed by atoms with Crippen molar-refractivity contribution < 1.29 is 19.1 Å². The predicted octanol–water partition coefficient (Wildman–Crippen LogP) is 2.90. The van der Waals surface area contributed by atoms with Gasteiger partial charge in [0.15, 0.2) is 0 Å². The van der Waals surface area contributed by atoms with E-state index in [1.54, 1.807) is 43.2 Å². The molecule has 4 amide bonds. The van der Waals surface area contributed by atoms with E-state index in [0.717, 1.165) is 10.5 Å². The largest absolute Gasteiger partial charge is 0.497 e. The average Bonchev–Trinajstić information content (AvgIpc) is 2.96. The molecule has 1 aliphatic rings. The van der Waals surface area contributed by atoms with Gasteiger partial charge < -0.3 is 15.0 Å². The molecule has 1 saturated heterocycles. The van der Waals surface area contributed by atoms with Crippen molar-refractivity contribution in [2.24, 2.45) is 0 Å². The van der Waals surface area contributed by atoms with Gasteiger partial charge in [-0.25, -0.2) is 4.79 Å². The fourth-order valence-corrected chi connectivity index (χ4v) is 3.53. The van der Waals surface area contributed by atoms with Crippen LogP contribution in [-0.4, -0.2) is 47.3 Å². The lowest BCUT2D eigenvalue weighted by molar-refractivity contribution is -0.140. The third-order valence-electron chi connectivity index (χ3n) is 5.38. The predicted molar refractivity (Wildman–Crippen MR) is 113 cm³/mol. The second-order valence-electron chi connectivity index (χ2n) is 7.78. The fourth-order valence-electron chi connectivity index (χ4n) is 3.53. The smallest absolute Gasteiger partial charge is 0.325 e. The normalized spacial score (nSPS) is 18.5. The SMILES string of the molecule is COc1ccc(C2(C)NC(=O)N(CC(=O)N(Cc3ccccc3)C(C)C)C2=O)cc1. The van der Waals surface area contributed by atoms with Gasteiger partial charge in [-0.2, -0.15) is 0 Å². The summed E-state index contributed by atoms with van der Waals surface area (Å²) < 4.78 is 5.15. The number of amides is 4. The van der Waals surface area contributed by atoms with Crippen LogP contribution in [0.15, 0.2) is 54.6 Å². The van der Waals surface area contributed by atoms with Crippen molar-refractivity contribution in [3.05, 3.63) is 65.7 Å². The molecule has 0 bridgehead atoms. The topological polar surface area (TPSA) is 79.0 Å². The third-order valence-corrected chi connectivity index (χ3v) is 5.38. The first-order valence-corrected chi connectivity index (χ1v) is 9.88. The Morgan fingerprint density at radius 1 is 1.10 bits per heavy atom. The molecular weight excluding hydrogens is 382 g/mol. The van der Waals surface area contributed by atoms with Crippen LogP contribution >= 0.6 is 0 Å². The summed E-state index contributed by atoms with van der Waals surface area (Å²) >= 11 is 0. The molecule has 0 saturated carbocycles. The van der Waals surface area contributed by atoms with E-state index < -0.39 is 17.5 Å². The number of methoxy groups -OCH3 is 1. The number of nitrogens with zero attached hydrogens (tertiary/aromatic N) is 2. The van der Waals surface area contributed by atoms with E-state index in [-0.39, 0.29) is 18.5 Å². The molecule has 7 heteroatoms. The second kappa shape index (κ2) is 8.57. The van der Waals surface area contributed by atoms with Gasteiger partial charge in [-0.05, 0) is 44.0 Å². The van der Waals surface area contributed by atoms with Gasteiger partial charge in [-0.15, -0.1) is 0 Å². The maximum absolute atomic E-state index is 13.1. The maximum Gasteiger partial charge on any atom is 0.325 e. The van der Waals surface area contributed by atoms with Crippen LogP contribution in [0.1, 0.15) is 31.9 Å². The minimum Gasteiger partial charge on any atom is -0.497 e. The van der Waals surface area contributed by atoms with E-state index in [0.29, 0.717) is 17.9 Å². The number of benzene rings is 2.